The van der Waals surface area contributed by atoms with E-state index >= 15 is 0 Å². The van der Waals surface area contributed by atoms with Gasteiger partial charge in [-0.05, 0) is 12.5 Å². The predicted octanol–water partition coefficient (Wildman–Crippen LogP) is 0.598. The van der Waals surface area contributed by atoms with Gasteiger partial charge in [-0.1, -0.05) is 0 Å². The number of nitrogens with two attached hydrogens (primary N) is 1. The molecule has 0 aromatic carbocycles. The normalized spacial score (nSPS) is 10.4. The van der Waals surface area contributed by atoms with E-state index in [1.54, 1.807) is 10.8 Å². The van der Waals surface area contributed by atoms with Gasteiger partial charge in [0, 0.05) is 26.3 Å². The fraction of sp³-hybridized carbons (Fsp3) is 0.455. The van der Waals surface area contributed by atoms with Crippen LogP contribution in [0.3, 0.4) is 0 Å². The summed E-state index contributed by atoms with van der Waals surface area (Å²) in [5.41, 5.74) is 5.87. The Morgan fingerprint density at radius 2 is 2.24 bits per heavy atom. The second-order valence-corrected chi connectivity index (χ2v) is 3.68. The number of carbonyl (C=O) groups excluding carboxylic acids is 1. The predicted molar refractivity (Wildman–Crippen MR) is 60.5 cm³/mol. The number of hydrogen-bond acceptors (Lipinski definition) is 3. The molecule has 1 aromatic heterocycles. The molecule has 0 atom stereocenters. The highest BCUT2D eigenvalue weighted by Crippen LogP contribution is 2.13. The number of primary amides is 1. The number of carboxylic acids is 1. The second-order valence-electron chi connectivity index (χ2n) is 3.68. The molecule has 3 N–H and O–H groups in total. The fourth-order valence-electron chi connectivity index (χ4n) is 1.63. The topological polar surface area (TPSA) is 94.6 Å². The van der Waals surface area contributed by atoms with Gasteiger partial charge in [0.15, 0.2) is 0 Å². The number of aryl methyl sites for hydroxylation is 1. The van der Waals surface area contributed by atoms with E-state index in [4.69, 9.17) is 15.6 Å². The molecule has 6 heteroatoms. The number of methoxy groups -OCH3 is 1. The highest BCUT2D eigenvalue weighted by molar-refractivity contribution is 5.89. The molecule has 94 valence electrons. The molecule has 0 aliphatic heterocycles. The number of ether oxygens (including phenoxy) is 1. The number of rotatable bonds is 7. The maximum absolute atomic E-state index is 10.9. The summed E-state index contributed by atoms with van der Waals surface area (Å²) in [5.74, 6) is -1.34. The van der Waals surface area contributed by atoms with Crippen LogP contribution in [0.2, 0.25) is 0 Å². The monoisotopic (exact) mass is 240 g/mol. The molecule has 0 bridgehead atoms. The highest BCUT2D eigenvalue weighted by Gasteiger charge is 2.14. The van der Waals surface area contributed by atoms with Crippen molar-refractivity contribution in [3.8, 4) is 0 Å². The first-order valence-corrected chi connectivity index (χ1v) is 5.24. The molecule has 1 heterocycles. The Bertz CT molecular complexity index is 412. The van der Waals surface area contributed by atoms with Gasteiger partial charge in [0.25, 0.3) is 0 Å². The van der Waals surface area contributed by atoms with Crippen molar-refractivity contribution in [3.63, 3.8) is 0 Å². The Labute approximate surface area is 99.0 Å². The zero-order valence-electron chi connectivity index (χ0n) is 9.68. The Kier molecular flexibility index (Phi) is 4.71. The van der Waals surface area contributed by atoms with Crippen molar-refractivity contribution in [2.75, 3.05) is 7.11 Å². The average molecular weight is 240 g/mol. The number of aromatic nitrogens is 1. The molecule has 0 aliphatic rings. The molecule has 0 spiro atoms. The van der Waals surface area contributed by atoms with Crippen molar-refractivity contribution >= 4 is 11.9 Å². The summed E-state index contributed by atoms with van der Waals surface area (Å²) < 4.78 is 6.74. The SMILES string of the molecule is COCc1c(C(=O)O)ccn1CCCC(N)=O. The van der Waals surface area contributed by atoms with Gasteiger partial charge in [-0.15, -0.1) is 0 Å². The number of carboxylic acid groups (broad SMARTS) is 1. The summed E-state index contributed by atoms with van der Waals surface area (Å²) in [6.45, 7) is 0.778. The molecule has 0 saturated carbocycles. The third kappa shape index (κ3) is 3.60. The van der Waals surface area contributed by atoms with Gasteiger partial charge >= 0.3 is 5.97 Å². The molecule has 0 saturated heterocycles. The van der Waals surface area contributed by atoms with E-state index in [1.807, 2.05) is 0 Å². The molecular formula is C11H16N2O4. The second kappa shape index (κ2) is 6.05. The summed E-state index contributed by atoms with van der Waals surface area (Å²) in [7, 11) is 1.51. The van der Waals surface area contributed by atoms with Crippen molar-refractivity contribution < 1.29 is 19.4 Å². The maximum Gasteiger partial charge on any atom is 0.337 e. The molecule has 0 fully saturated rings. The summed E-state index contributed by atoms with van der Waals surface area (Å²) in [4.78, 5) is 21.6. The first kappa shape index (κ1) is 13.2. The summed E-state index contributed by atoms with van der Waals surface area (Å²) in [5, 5.41) is 8.98. The molecule has 0 unspecified atom stereocenters. The molecule has 0 aliphatic carbocycles. The van der Waals surface area contributed by atoms with Crippen LogP contribution in [-0.4, -0.2) is 28.7 Å². The number of amides is 1. The third-order valence-corrected chi connectivity index (χ3v) is 2.41. The molecule has 1 rings (SSSR count). The van der Waals surface area contributed by atoms with Crippen LogP contribution in [0.25, 0.3) is 0 Å². The lowest BCUT2D eigenvalue weighted by atomic mass is 10.2. The van der Waals surface area contributed by atoms with Crippen molar-refractivity contribution in [1.82, 2.24) is 4.57 Å². The quantitative estimate of drug-likeness (QED) is 0.729. The number of aromatic carboxylic acids is 1. The van der Waals surface area contributed by atoms with Gasteiger partial charge in [0.05, 0.1) is 17.9 Å². The van der Waals surface area contributed by atoms with Crippen LogP contribution in [0.1, 0.15) is 28.9 Å². The zero-order chi connectivity index (χ0) is 12.8. The van der Waals surface area contributed by atoms with E-state index in [-0.39, 0.29) is 24.5 Å². The maximum atomic E-state index is 10.9. The molecule has 17 heavy (non-hydrogen) atoms. The minimum Gasteiger partial charge on any atom is -0.478 e. The molecule has 0 radical (unpaired) electrons. The minimum atomic E-state index is -0.981. The van der Waals surface area contributed by atoms with Gasteiger partial charge in [-0.2, -0.15) is 0 Å². The van der Waals surface area contributed by atoms with E-state index in [0.29, 0.717) is 18.7 Å². The molecule has 1 aromatic rings. The van der Waals surface area contributed by atoms with Crippen molar-refractivity contribution in [2.45, 2.75) is 26.0 Å². The zero-order valence-corrected chi connectivity index (χ0v) is 9.68. The van der Waals surface area contributed by atoms with E-state index < -0.39 is 5.97 Å². The Balaban J connectivity index is 2.77. The van der Waals surface area contributed by atoms with E-state index in [0.717, 1.165) is 0 Å². The Morgan fingerprint density at radius 1 is 1.53 bits per heavy atom. The lowest BCUT2D eigenvalue weighted by Gasteiger charge is -2.08. The largest absolute Gasteiger partial charge is 0.478 e. The summed E-state index contributed by atoms with van der Waals surface area (Å²) >= 11 is 0. The van der Waals surface area contributed by atoms with Gasteiger partial charge < -0.3 is 20.1 Å². The first-order chi connectivity index (χ1) is 8.06. The number of nitrogens with zero attached hydrogens (tertiary/aromatic N) is 1. The van der Waals surface area contributed by atoms with E-state index in [9.17, 15) is 9.59 Å². The minimum absolute atomic E-state index is 0.227. The average Bonchev–Trinajstić information content (AvgIpc) is 2.62. The standard InChI is InChI=1S/C11H16N2O4/c1-17-7-9-8(11(15)16)4-6-13(9)5-2-3-10(12)14/h4,6H,2-3,5,7H2,1H3,(H2,12,14)(H,15,16). The molecular weight excluding hydrogens is 224 g/mol. The Hall–Kier alpha value is -1.82. The lowest BCUT2D eigenvalue weighted by molar-refractivity contribution is -0.118. The van der Waals surface area contributed by atoms with Gasteiger partial charge in [0.2, 0.25) is 5.91 Å². The van der Waals surface area contributed by atoms with Crippen LogP contribution in [0.5, 0.6) is 0 Å². The van der Waals surface area contributed by atoms with Gasteiger partial charge in [0.1, 0.15) is 0 Å². The highest BCUT2D eigenvalue weighted by atomic mass is 16.5. The van der Waals surface area contributed by atoms with Crippen molar-refractivity contribution in [1.29, 1.82) is 0 Å². The van der Waals surface area contributed by atoms with Crippen LogP contribution < -0.4 is 5.73 Å². The van der Waals surface area contributed by atoms with Crippen molar-refractivity contribution in [3.05, 3.63) is 23.5 Å². The third-order valence-electron chi connectivity index (χ3n) is 2.41. The van der Waals surface area contributed by atoms with E-state index in [1.165, 1.54) is 13.2 Å². The first-order valence-electron chi connectivity index (χ1n) is 5.24. The van der Waals surface area contributed by atoms with Gasteiger partial charge in [-0.25, -0.2) is 4.79 Å². The lowest BCUT2D eigenvalue weighted by Crippen LogP contribution is -2.13. The summed E-state index contributed by atoms with van der Waals surface area (Å²) in [6, 6.07) is 1.53. The van der Waals surface area contributed by atoms with Crippen LogP contribution >= 0.6 is 0 Å². The number of hydrogen-bond donors (Lipinski definition) is 2. The van der Waals surface area contributed by atoms with Crippen molar-refractivity contribution in [2.24, 2.45) is 5.73 Å². The molecule has 6 nitrogen and oxygen atoms in total. The van der Waals surface area contributed by atoms with Crippen LogP contribution in [-0.2, 0) is 22.7 Å². The smallest absolute Gasteiger partial charge is 0.337 e. The van der Waals surface area contributed by atoms with Crippen LogP contribution in [0.4, 0.5) is 0 Å². The van der Waals surface area contributed by atoms with E-state index in [2.05, 4.69) is 0 Å². The number of carbonyl (C=O) groups is 2. The van der Waals surface area contributed by atoms with Crippen LogP contribution in [0, 0.1) is 0 Å². The Morgan fingerprint density at radius 3 is 2.76 bits per heavy atom. The van der Waals surface area contributed by atoms with Gasteiger partial charge in [-0.3, -0.25) is 4.79 Å². The molecule has 1 amide bonds. The summed E-state index contributed by atoms with van der Waals surface area (Å²) in [6.07, 6.45) is 2.55. The van der Waals surface area contributed by atoms with Crippen LogP contribution in [0.15, 0.2) is 12.3 Å². The fourth-order valence-corrected chi connectivity index (χ4v) is 1.63.